The third-order valence-electron chi connectivity index (χ3n) is 3.40. The van der Waals surface area contributed by atoms with Crippen LogP contribution in [0.3, 0.4) is 0 Å². The lowest BCUT2D eigenvalue weighted by Crippen LogP contribution is -2.04. The molecule has 0 radical (unpaired) electrons. The molecule has 2 aromatic carbocycles. The highest BCUT2D eigenvalue weighted by molar-refractivity contribution is 7.99. The summed E-state index contributed by atoms with van der Waals surface area (Å²) in [6.07, 6.45) is 1.85. The van der Waals surface area contributed by atoms with Crippen LogP contribution in [0.4, 0.5) is 4.39 Å². The molecule has 0 spiro atoms. The molecule has 0 fully saturated rings. The quantitative estimate of drug-likeness (QED) is 0.582. The van der Waals surface area contributed by atoms with Gasteiger partial charge in [0.2, 0.25) is 0 Å². The van der Waals surface area contributed by atoms with Gasteiger partial charge in [0.25, 0.3) is 0 Å². The molecule has 0 saturated carbocycles. The summed E-state index contributed by atoms with van der Waals surface area (Å²) in [5.41, 5.74) is 3.47. The Bertz CT molecular complexity index is 816. The molecule has 0 N–H and O–H groups in total. The lowest BCUT2D eigenvalue weighted by atomic mass is 10.2. The minimum absolute atomic E-state index is 0.269. The van der Waals surface area contributed by atoms with Gasteiger partial charge < -0.3 is 0 Å². The van der Waals surface area contributed by atoms with Crippen LogP contribution in [0.1, 0.15) is 5.56 Å². The maximum absolute atomic E-state index is 13.2. The number of halogens is 2. The average Bonchev–Trinajstić information content (AvgIpc) is 2.99. The van der Waals surface area contributed by atoms with E-state index in [4.69, 9.17) is 11.6 Å². The van der Waals surface area contributed by atoms with Crippen molar-refractivity contribution >= 4 is 23.4 Å². The molecule has 3 nitrogen and oxygen atoms in total. The molecule has 0 aliphatic heterocycles. The lowest BCUT2D eigenvalue weighted by molar-refractivity contribution is 0.628. The molecule has 6 heteroatoms. The van der Waals surface area contributed by atoms with Crippen LogP contribution < -0.4 is 0 Å². The van der Waals surface area contributed by atoms with E-state index >= 15 is 0 Å². The highest BCUT2D eigenvalue weighted by atomic mass is 35.5. The SMILES string of the molecule is Fc1ccc(-c2nnc(SC/C=C/Cl)n2Cc2ccccc2)cc1. The number of aromatic nitrogens is 3. The molecule has 1 heterocycles. The van der Waals surface area contributed by atoms with E-state index in [-0.39, 0.29) is 5.82 Å². The van der Waals surface area contributed by atoms with E-state index in [1.54, 1.807) is 23.9 Å². The Balaban J connectivity index is 1.96. The van der Waals surface area contributed by atoms with Crippen molar-refractivity contribution < 1.29 is 4.39 Å². The van der Waals surface area contributed by atoms with E-state index < -0.39 is 0 Å². The molecule has 122 valence electrons. The number of hydrogen-bond donors (Lipinski definition) is 0. The molecule has 0 bridgehead atoms. The van der Waals surface area contributed by atoms with E-state index in [0.717, 1.165) is 22.1 Å². The second-order valence-corrected chi connectivity index (χ2v) is 6.30. The fourth-order valence-electron chi connectivity index (χ4n) is 2.28. The van der Waals surface area contributed by atoms with Gasteiger partial charge in [0, 0.05) is 16.9 Å². The van der Waals surface area contributed by atoms with Gasteiger partial charge in [-0.3, -0.25) is 4.57 Å². The predicted octanol–water partition coefficient (Wildman–Crippen LogP) is 4.98. The van der Waals surface area contributed by atoms with Gasteiger partial charge in [-0.25, -0.2) is 4.39 Å². The molecule has 0 aliphatic carbocycles. The fraction of sp³-hybridized carbons (Fsp3) is 0.111. The second-order valence-electron chi connectivity index (χ2n) is 5.06. The summed E-state index contributed by atoms with van der Waals surface area (Å²) in [4.78, 5) is 0. The number of thioether (sulfide) groups is 1. The Morgan fingerprint density at radius 3 is 2.50 bits per heavy atom. The monoisotopic (exact) mass is 359 g/mol. The minimum atomic E-state index is -0.269. The van der Waals surface area contributed by atoms with Gasteiger partial charge in [0.1, 0.15) is 5.82 Å². The number of benzene rings is 2. The Kier molecular flexibility index (Phi) is 5.67. The molecule has 0 atom stereocenters. The molecule has 0 amide bonds. The van der Waals surface area contributed by atoms with E-state index in [0.29, 0.717) is 12.3 Å². The minimum Gasteiger partial charge on any atom is -0.298 e. The van der Waals surface area contributed by atoms with Crippen molar-refractivity contribution in [2.24, 2.45) is 0 Å². The third-order valence-corrected chi connectivity index (χ3v) is 4.50. The van der Waals surface area contributed by atoms with Crippen LogP contribution in [-0.4, -0.2) is 20.5 Å². The Morgan fingerprint density at radius 1 is 1.04 bits per heavy atom. The molecular formula is C18H15ClFN3S. The second kappa shape index (κ2) is 8.13. The van der Waals surface area contributed by atoms with Crippen molar-refractivity contribution in [1.82, 2.24) is 14.8 Å². The first-order chi connectivity index (χ1) is 11.8. The van der Waals surface area contributed by atoms with E-state index in [1.165, 1.54) is 17.7 Å². The summed E-state index contributed by atoms with van der Waals surface area (Å²) in [5, 5.41) is 9.39. The zero-order valence-electron chi connectivity index (χ0n) is 12.8. The largest absolute Gasteiger partial charge is 0.298 e. The molecule has 0 saturated heterocycles. The summed E-state index contributed by atoms with van der Waals surface area (Å²) in [6, 6.07) is 16.4. The summed E-state index contributed by atoms with van der Waals surface area (Å²) in [6.45, 7) is 0.646. The van der Waals surface area contributed by atoms with Crippen LogP contribution >= 0.6 is 23.4 Å². The van der Waals surface area contributed by atoms with Crippen LogP contribution in [0.25, 0.3) is 11.4 Å². The molecular weight excluding hydrogens is 345 g/mol. The van der Waals surface area contributed by atoms with Crippen molar-refractivity contribution in [3.05, 3.63) is 77.6 Å². The Morgan fingerprint density at radius 2 is 1.79 bits per heavy atom. The summed E-state index contributed by atoms with van der Waals surface area (Å²) in [7, 11) is 0. The van der Waals surface area contributed by atoms with Gasteiger partial charge in [-0.1, -0.05) is 59.8 Å². The van der Waals surface area contributed by atoms with Crippen molar-refractivity contribution in [3.8, 4) is 11.4 Å². The molecule has 1 aromatic heterocycles. The summed E-state index contributed by atoms with van der Waals surface area (Å²) in [5.74, 6) is 1.16. The van der Waals surface area contributed by atoms with Crippen LogP contribution in [0.2, 0.25) is 0 Å². The highest BCUT2D eigenvalue weighted by Gasteiger charge is 2.14. The van der Waals surface area contributed by atoms with Gasteiger partial charge in [-0.2, -0.15) is 0 Å². The van der Waals surface area contributed by atoms with Crippen LogP contribution in [0.5, 0.6) is 0 Å². The molecule has 0 unspecified atom stereocenters. The predicted molar refractivity (Wildman–Crippen MR) is 96.7 cm³/mol. The van der Waals surface area contributed by atoms with Gasteiger partial charge in [-0.15, -0.1) is 10.2 Å². The maximum Gasteiger partial charge on any atom is 0.192 e. The lowest BCUT2D eigenvalue weighted by Gasteiger charge is -2.10. The Labute approximate surface area is 149 Å². The topological polar surface area (TPSA) is 30.7 Å². The molecule has 24 heavy (non-hydrogen) atoms. The number of nitrogens with zero attached hydrogens (tertiary/aromatic N) is 3. The first-order valence-electron chi connectivity index (χ1n) is 7.39. The standard InChI is InChI=1S/C18H15ClFN3S/c19-11-4-12-24-18-22-21-17(15-7-9-16(20)10-8-15)23(18)13-14-5-2-1-3-6-14/h1-11H,12-13H2/b11-4+. The first kappa shape index (κ1) is 16.7. The van der Waals surface area contributed by atoms with Crippen LogP contribution in [-0.2, 0) is 6.54 Å². The van der Waals surface area contributed by atoms with Gasteiger partial charge in [0.05, 0.1) is 6.54 Å². The van der Waals surface area contributed by atoms with E-state index in [9.17, 15) is 4.39 Å². The third kappa shape index (κ3) is 4.04. The van der Waals surface area contributed by atoms with Crippen molar-refractivity contribution in [2.45, 2.75) is 11.7 Å². The first-order valence-corrected chi connectivity index (χ1v) is 8.81. The normalized spacial score (nSPS) is 11.2. The van der Waals surface area contributed by atoms with Gasteiger partial charge in [-0.05, 0) is 29.8 Å². The number of rotatable bonds is 6. The maximum atomic E-state index is 13.2. The van der Waals surface area contributed by atoms with Crippen LogP contribution in [0.15, 0.2) is 71.4 Å². The smallest absolute Gasteiger partial charge is 0.192 e. The van der Waals surface area contributed by atoms with E-state index in [2.05, 4.69) is 22.3 Å². The molecule has 0 aliphatic rings. The van der Waals surface area contributed by atoms with E-state index in [1.807, 2.05) is 28.8 Å². The zero-order chi connectivity index (χ0) is 16.8. The number of hydrogen-bond acceptors (Lipinski definition) is 3. The summed E-state index contributed by atoms with van der Waals surface area (Å²) >= 11 is 7.13. The fourth-order valence-corrected chi connectivity index (χ4v) is 3.22. The van der Waals surface area contributed by atoms with Gasteiger partial charge in [0.15, 0.2) is 11.0 Å². The van der Waals surface area contributed by atoms with Crippen molar-refractivity contribution in [1.29, 1.82) is 0 Å². The highest BCUT2D eigenvalue weighted by Crippen LogP contribution is 2.25. The molecule has 3 rings (SSSR count). The Hall–Kier alpha value is -2.11. The molecule has 3 aromatic rings. The van der Waals surface area contributed by atoms with Crippen molar-refractivity contribution in [2.75, 3.05) is 5.75 Å². The zero-order valence-corrected chi connectivity index (χ0v) is 14.3. The van der Waals surface area contributed by atoms with Crippen LogP contribution in [0, 0.1) is 5.82 Å². The summed E-state index contributed by atoms with van der Waals surface area (Å²) < 4.78 is 15.2. The van der Waals surface area contributed by atoms with Crippen molar-refractivity contribution in [3.63, 3.8) is 0 Å². The average molecular weight is 360 g/mol. The van der Waals surface area contributed by atoms with Gasteiger partial charge >= 0.3 is 0 Å².